The van der Waals surface area contributed by atoms with Crippen molar-refractivity contribution in [3.05, 3.63) is 66.1 Å². The van der Waals surface area contributed by atoms with Gasteiger partial charge in [0.2, 0.25) is 0 Å². The molecule has 0 bridgehead atoms. The van der Waals surface area contributed by atoms with Crippen LogP contribution in [0.4, 0.5) is 0 Å². The lowest BCUT2D eigenvalue weighted by Crippen LogP contribution is -2.28. The minimum atomic E-state index is 0.182. The van der Waals surface area contributed by atoms with Crippen molar-refractivity contribution in [2.75, 3.05) is 0 Å². The van der Waals surface area contributed by atoms with Gasteiger partial charge in [-0.3, -0.25) is 0 Å². The summed E-state index contributed by atoms with van der Waals surface area (Å²) in [6, 6.07) is 18.7. The fraction of sp³-hybridized carbons (Fsp3) is 0.278. The smallest absolute Gasteiger partial charge is 0.0246 e. The maximum Gasteiger partial charge on any atom is 0.0246 e. The van der Waals surface area contributed by atoms with E-state index in [1.165, 1.54) is 47.9 Å². The number of benzene rings is 2. The summed E-state index contributed by atoms with van der Waals surface area (Å²) in [7, 11) is 0. The standard InChI is InChI=1S/C18H16/c1-6-12-18(13-7-1)16-10-4-2-8-14(16)15-9-3-5-11-17(15)18/h2-4,8-12H,1,6-7,13H2. The maximum absolute atomic E-state index is 3.28. The van der Waals surface area contributed by atoms with Crippen molar-refractivity contribution in [2.45, 2.75) is 31.1 Å². The summed E-state index contributed by atoms with van der Waals surface area (Å²) in [6.45, 7) is 0. The Morgan fingerprint density at radius 2 is 1.83 bits per heavy atom. The van der Waals surface area contributed by atoms with E-state index in [4.69, 9.17) is 0 Å². The lowest BCUT2D eigenvalue weighted by Gasteiger charge is -2.35. The Bertz CT molecular complexity index is 541. The number of rotatable bonds is 0. The molecule has 1 spiro atoms. The Morgan fingerprint density at radius 3 is 2.72 bits per heavy atom. The van der Waals surface area contributed by atoms with Gasteiger partial charge in [-0.15, -0.1) is 0 Å². The van der Waals surface area contributed by atoms with Gasteiger partial charge in [-0.25, -0.2) is 0 Å². The Morgan fingerprint density at radius 1 is 0.944 bits per heavy atom. The number of fused-ring (bicyclic) bond motifs is 5. The first kappa shape index (κ1) is 10.4. The Hall–Kier alpha value is -1.56. The van der Waals surface area contributed by atoms with Crippen molar-refractivity contribution < 1.29 is 0 Å². The zero-order valence-corrected chi connectivity index (χ0v) is 10.4. The van der Waals surface area contributed by atoms with Gasteiger partial charge in [0.15, 0.2) is 0 Å². The van der Waals surface area contributed by atoms with E-state index in [1.54, 1.807) is 0 Å². The molecule has 2 aromatic carbocycles. The van der Waals surface area contributed by atoms with Crippen LogP contribution in [0.5, 0.6) is 0 Å². The van der Waals surface area contributed by atoms with Crippen LogP contribution in [0.2, 0.25) is 0 Å². The zero-order chi connectivity index (χ0) is 12.0. The molecule has 0 N–H and O–H groups in total. The molecular weight excluding hydrogens is 216 g/mol. The van der Waals surface area contributed by atoms with Gasteiger partial charge in [0, 0.05) is 5.41 Å². The minimum absolute atomic E-state index is 0.182. The van der Waals surface area contributed by atoms with Crippen molar-refractivity contribution in [3.8, 4) is 11.1 Å². The minimum Gasteiger partial charge on any atom is -0.0619 e. The maximum atomic E-state index is 3.28. The van der Waals surface area contributed by atoms with Crippen molar-refractivity contribution in [1.29, 1.82) is 0 Å². The number of hydrogen-bond acceptors (Lipinski definition) is 0. The molecule has 0 heteroatoms. The highest BCUT2D eigenvalue weighted by atomic mass is 14.5. The van der Waals surface area contributed by atoms with Crippen LogP contribution in [-0.2, 0) is 5.41 Å². The summed E-state index contributed by atoms with van der Waals surface area (Å²) in [5, 5.41) is 0. The Balaban J connectivity index is 2.03. The molecule has 1 atom stereocenters. The second-order valence-electron chi connectivity index (χ2n) is 5.44. The molecule has 0 saturated heterocycles. The highest BCUT2D eigenvalue weighted by molar-refractivity contribution is 5.81. The molecule has 2 aromatic rings. The van der Waals surface area contributed by atoms with Crippen LogP contribution in [0.3, 0.4) is 0 Å². The van der Waals surface area contributed by atoms with Gasteiger partial charge in [0.25, 0.3) is 0 Å². The van der Waals surface area contributed by atoms with Crippen LogP contribution in [0.15, 0.2) is 42.5 Å². The fourth-order valence-corrected chi connectivity index (χ4v) is 3.77. The highest BCUT2D eigenvalue weighted by Crippen LogP contribution is 2.54. The molecule has 2 aliphatic carbocycles. The lowest BCUT2D eigenvalue weighted by molar-refractivity contribution is 0.442. The van der Waals surface area contributed by atoms with Gasteiger partial charge >= 0.3 is 0 Å². The second kappa shape index (κ2) is 3.71. The molecule has 4 rings (SSSR count). The van der Waals surface area contributed by atoms with E-state index in [-0.39, 0.29) is 5.41 Å². The first-order valence-corrected chi connectivity index (χ1v) is 6.87. The summed E-state index contributed by atoms with van der Waals surface area (Å²) in [6.07, 6.45) is 7.72. The third-order valence-corrected chi connectivity index (χ3v) is 4.56. The van der Waals surface area contributed by atoms with Crippen LogP contribution >= 0.6 is 0 Å². The SMILES string of the molecule is [c]1ccc2c(c1)C1([CH]CCCC1)c1ccccc1-2. The normalized spacial score (nSPS) is 19.6. The molecule has 1 saturated carbocycles. The summed E-state index contributed by atoms with van der Waals surface area (Å²) >= 11 is 0. The first-order valence-electron chi connectivity index (χ1n) is 6.87. The molecular formula is C18H16. The largest absolute Gasteiger partial charge is 0.0619 e. The molecule has 88 valence electrons. The first-order chi connectivity index (χ1) is 8.92. The molecule has 1 fully saturated rings. The van der Waals surface area contributed by atoms with E-state index in [0.29, 0.717) is 0 Å². The summed E-state index contributed by atoms with van der Waals surface area (Å²) in [4.78, 5) is 0. The molecule has 18 heavy (non-hydrogen) atoms. The van der Waals surface area contributed by atoms with E-state index in [2.05, 4.69) is 48.9 Å². The average Bonchev–Trinajstić information content (AvgIpc) is 2.72. The predicted molar refractivity (Wildman–Crippen MR) is 74.3 cm³/mol. The van der Waals surface area contributed by atoms with Crippen molar-refractivity contribution in [2.24, 2.45) is 0 Å². The molecule has 2 radical (unpaired) electrons. The van der Waals surface area contributed by atoms with E-state index in [1.807, 2.05) is 6.07 Å². The van der Waals surface area contributed by atoms with Crippen LogP contribution in [0, 0.1) is 12.5 Å². The van der Waals surface area contributed by atoms with Gasteiger partial charge in [-0.1, -0.05) is 49.2 Å². The van der Waals surface area contributed by atoms with Gasteiger partial charge in [0.1, 0.15) is 0 Å². The Labute approximate surface area is 109 Å². The van der Waals surface area contributed by atoms with E-state index < -0.39 is 0 Å². The molecule has 0 aliphatic heterocycles. The van der Waals surface area contributed by atoms with Crippen molar-refractivity contribution in [3.63, 3.8) is 0 Å². The van der Waals surface area contributed by atoms with Crippen LogP contribution in [-0.4, -0.2) is 0 Å². The second-order valence-corrected chi connectivity index (χ2v) is 5.44. The molecule has 1 unspecified atom stereocenters. The fourth-order valence-electron chi connectivity index (χ4n) is 3.77. The van der Waals surface area contributed by atoms with Crippen LogP contribution in [0.1, 0.15) is 36.8 Å². The summed E-state index contributed by atoms with van der Waals surface area (Å²) < 4.78 is 0. The van der Waals surface area contributed by atoms with Crippen molar-refractivity contribution >= 4 is 0 Å². The molecule has 0 nitrogen and oxygen atoms in total. The van der Waals surface area contributed by atoms with Crippen molar-refractivity contribution in [1.82, 2.24) is 0 Å². The quantitative estimate of drug-likeness (QED) is 0.626. The predicted octanol–water partition coefficient (Wildman–Crippen LogP) is 4.53. The van der Waals surface area contributed by atoms with Gasteiger partial charge in [0.05, 0.1) is 0 Å². The third kappa shape index (κ3) is 1.21. The molecule has 2 aliphatic rings. The third-order valence-electron chi connectivity index (χ3n) is 4.56. The summed E-state index contributed by atoms with van der Waals surface area (Å²) in [5.74, 6) is 0. The lowest BCUT2D eigenvalue weighted by atomic mass is 9.68. The molecule has 0 amide bonds. The zero-order valence-electron chi connectivity index (χ0n) is 10.4. The topological polar surface area (TPSA) is 0 Å². The van der Waals surface area contributed by atoms with Gasteiger partial charge < -0.3 is 0 Å². The van der Waals surface area contributed by atoms with Crippen LogP contribution < -0.4 is 0 Å². The van der Waals surface area contributed by atoms with Gasteiger partial charge in [-0.05, 0) is 53.6 Å². The molecule has 0 heterocycles. The van der Waals surface area contributed by atoms with E-state index in [9.17, 15) is 0 Å². The molecule has 0 aromatic heterocycles. The van der Waals surface area contributed by atoms with E-state index in [0.717, 1.165) is 0 Å². The average molecular weight is 232 g/mol. The summed E-state index contributed by atoms with van der Waals surface area (Å²) in [5.41, 5.74) is 6.02. The van der Waals surface area contributed by atoms with E-state index >= 15 is 0 Å². The monoisotopic (exact) mass is 232 g/mol. The van der Waals surface area contributed by atoms with Gasteiger partial charge in [-0.2, -0.15) is 0 Å². The Kier molecular flexibility index (Phi) is 2.14. The highest BCUT2D eigenvalue weighted by Gasteiger charge is 2.43. The number of hydrogen-bond donors (Lipinski definition) is 0. The van der Waals surface area contributed by atoms with Crippen LogP contribution in [0.25, 0.3) is 11.1 Å².